The van der Waals surface area contributed by atoms with Crippen molar-refractivity contribution in [3.63, 3.8) is 0 Å². The third-order valence-electron chi connectivity index (χ3n) is 5.84. The van der Waals surface area contributed by atoms with Crippen molar-refractivity contribution >= 4 is 11.6 Å². The van der Waals surface area contributed by atoms with E-state index in [9.17, 15) is 8.78 Å². The van der Waals surface area contributed by atoms with Gasteiger partial charge in [-0.05, 0) is 49.6 Å². The fourth-order valence-corrected chi connectivity index (χ4v) is 4.12. The first-order valence-electron chi connectivity index (χ1n) is 10.8. The van der Waals surface area contributed by atoms with Gasteiger partial charge in [0.05, 0.1) is 11.8 Å². The average Bonchev–Trinajstić information content (AvgIpc) is 3.34. The zero-order valence-corrected chi connectivity index (χ0v) is 18.2. The van der Waals surface area contributed by atoms with Crippen LogP contribution in [0, 0.1) is 18.6 Å². The van der Waals surface area contributed by atoms with Crippen molar-refractivity contribution in [2.24, 2.45) is 0 Å². The highest BCUT2D eigenvalue weighted by atomic mass is 19.1. The molecule has 4 heterocycles. The van der Waals surface area contributed by atoms with Crippen LogP contribution in [0.2, 0.25) is 0 Å². The van der Waals surface area contributed by atoms with Crippen molar-refractivity contribution < 1.29 is 13.2 Å². The molecule has 0 unspecified atom stereocenters. The van der Waals surface area contributed by atoms with Crippen LogP contribution in [0.3, 0.4) is 0 Å². The molecule has 5 aromatic rings. The molecule has 0 saturated heterocycles. The number of pyridine rings is 1. The summed E-state index contributed by atoms with van der Waals surface area (Å²) < 4.78 is 35.5. The van der Waals surface area contributed by atoms with Crippen molar-refractivity contribution in [3.05, 3.63) is 77.2 Å². The molecule has 6 rings (SSSR count). The number of rotatable bonds is 5. The van der Waals surface area contributed by atoms with Crippen LogP contribution < -0.4 is 5.73 Å². The summed E-state index contributed by atoms with van der Waals surface area (Å²) >= 11 is 0. The van der Waals surface area contributed by atoms with Crippen LogP contribution in [0.4, 0.5) is 14.7 Å². The van der Waals surface area contributed by atoms with E-state index in [0.717, 1.165) is 29.8 Å². The van der Waals surface area contributed by atoms with Gasteiger partial charge in [0.25, 0.3) is 0 Å². The molecule has 1 aliphatic carbocycles. The quantitative estimate of drug-likeness (QED) is 0.413. The van der Waals surface area contributed by atoms with E-state index in [1.165, 1.54) is 35.2 Å². The lowest BCUT2D eigenvalue weighted by Gasteiger charge is -2.11. The molecular weight excluding hydrogens is 440 g/mol. The predicted octanol–water partition coefficient (Wildman–Crippen LogP) is 4.48. The number of nitrogen functional groups attached to an aromatic ring is 1. The number of aromatic nitrogens is 6. The maximum absolute atomic E-state index is 14.3. The third kappa shape index (κ3) is 3.47. The molecule has 1 fully saturated rings. The van der Waals surface area contributed by atoms with Gasteiger partial charge in [-0.1, -0.05) is 6.07 Å². The van der Waals surface area contributed by atoms with Crippen molar-refractivity contribution in [1.82, 2.24) is 29.5 Å². The van der Waals surface area contributed by atoms with E-state index in [1.807, 2.05) is 19.1 Å². The van der Waals surface area contributed by atoms with Crippen LogP contribution >= 0.6 is 0 Å². The molecule has 0 spiro atoms. The summed E-state index contributed by atoms with van der Waals surface area (Å²) in [7, 11) is 0. The topological polar surface area (TPSA) is 108 Å². The normalized spacial score (nSPS) is 13.6. The lowest BCUT2D eigenvalue weighted by Crippen LogP contribution is -2.06. The highest BCUT2D eigenvalue weighted by Crippen LogP contribution is 2.42. The summed E-state index contributed by atoms with van der Waals surface area (Å²) in [5.41, 5.74) is 10.2. The van der Waals surface area contributed by atoms with Gasteiger partial charge in [0.2, 0.25) is 11.8 Å². The molecule has 10 heteroatoms. The molecule has 1 saturated carbocycles. The van der Waals surface area contributed by atoms with Gasteiger partial charge in [0.1, 0.15) is 23.6 Å². The molecule has 0 radical (unpaired) electrons. The number of fused-ring (bicyclic) bond motifs is 1. The predicted molar refractivity (Wildman–Crippen MR) is 120 cm³/mol. The Kier molecular flexibility index (Phi) is 4.61. The average molecular weight is 459 g/mol. The number of hydrogen-bond donors (Lipinski definition) is 1. The van der Waals surface area contributed by atoms with E-state index in [2.05, 4.69) is 25.0 Å². The Morgan fingerprint density at radius 1 is 1.12 bits per heavy atom. The van der Waals surface area contributed by atoms with E-state index in [1.54, 1.807) is 0 Å². The smallest absolute Gasteiger partial charge is 0.245 e. The molecule has 170 valence electrons. The molecule has 2 N–H and O–H groups in total. The molecule has 34 heavy (non-hydrogen) atoms. The molecule has 1 aliphatic rings. The highest BCUT2D eigenvalue weighted by Gasteiger charge is 2.28. The molecular formula is C24H19F2N7O. The Hall–Kier alpha value is -4.21. The maximum atomic E-state index is 14.3. The Balaban J connectivity index is 1.59. The fourth-order valence-electron chi connectivity index (χ4n) is 4.12. The van der Waals surface area contributed by atoms with Crippen molar-refractivity contribution in [2.75, 3.05) is 5.73 Å². The summed E-state index contributed by atoms with van der Waals surface area (Å²) in [5, 5.41) is 4.41. The first-order chi connectivity index (χ1) is 16.5. The first kappa shape index (κ1) is 20.4. The highest BCUT2D eigenvalue weighted by molar-refractivity contribution is 5.89. The minimum Gasteiger partial charge on any atom is -0.443 e. The standard InChI is InChI=1S/C24H19F2N7O/c1-12-9-14(10-18(29-12)13-5-6-13)20-21(23-28-7-8-34-23)31-24(27)33-22(20)30-19(32-33)11-15-16(25)3-2-4-17(15)26/h2-4,7-10,13H,5-6,11H2,1H3,(H2,27,31). The number of nitrogens with zero attached hydrogens (tertiary/aromatic N) is 6. The monoisotopic (exact) mass is 459 g/mol. The van der Waals surface area contributed by atoms with Gasteiger partial charge in [-0.3, -0.25) is 4.98 Å². The van der Waals surface area contributed by atoms with Crippen LogP contribution in [-0.2, 0) is 6.42 Å². The molecule has 0 amide bonds. The molecule has 4 aromatic heterocycles. The van der Waals surface area contributed by atoms with Crippen molar-refractivity contribution in [2.45, 2.75) is 32.1 Å². The number of nitrogens with two attached hydrogens (primary N) is 1. The number of hydrogen-bond acceptors (Lipinski definition) is 7. The van der Waals surface area contributed by atoms with Crippen molar-refractivity contribution in [1.29, 1.82) is 0 Å². The summed E-state index contributed by atoms with van der Waals surface area (Å²) in [4.78, 5) is 18.1. The second kappa shape index (κ2) is 7.68. The number of benzene rings is 1. The van der Waals surface area contributed by atoms with Gasteiger partial charge in [-0.25, -0.2) is 23.7 Å². The zero-order chi connectivity index (χ0) is 23.4. The van der Waals surface area contributed by atoms with E-state index in [4.69, 9.17) is 10.2 Å². The van der Waals surface area contributed by atoms with Gasteiger partial charge in [-0.2, -0.15) is 4.52 Å². The van der Waals surface area contributed by atoms with E-state index in [0.29, 0.717) is 22.8 Å². The minimum atomic E-state index is -0.663. The zero-order valence-electron chi connectivity index (χ0n) is 18.2. The second-order valence-corrected chi connectivity index (χ2v) is 8.37. The number of anilines is 1. The van der Waals surface area contributed by atoms with Gasteiger partial charge in [-0.15, -0.1) is 5.10 Å². The van der Waals surface area contributed by atoms with E-state index < -0.39 is 11.6 Å². The van der Waals surface area contributed by atoms with Crippen LogP contribution in [0.5, 0.6) is 0 Å². The van der Waals surface area contributed by atoms with Gasteiger partial charge in [0, 0.05) is 29.3 Å². The lowest BCUT2D eigenvalue weighted by molar-refractivity contribution is 0.559. The van der Waals surface area contributed by atoms with E-state index in [-0.39, 0.29) is 29.6 Å². The van der Waals surface area contributed by atoms with Crippen LogP contribution in [0.1, 0.15) is 41.5 Å². The summed E-state index contributed by atoms with van der Waals surface area (Å²) in [5.74, 6) is -0.367. The fraction of sp³-hybridized carbons (Fsp3) is 0.208. The second-order valence-electron chi connectivity index (χ2n) is 8.37. The summed E-state index contributed by atoms with van der Waals surface area (Å²) in [6.45, 7) is 1.93. The maximum Gasteiger partial charge on any atom is 0.245 e. The Morgan fingerprint density at radius 2 is 1.91 bits per heavy atom. The summed E-state index contributed by atoms with van der Waals surface area (Å²) in [6.07, 6.45) is 5.02. The van der Waals surface area contributed by atoms with Gasteiger partial charge < -0.3 is 10.2 Å². The van der Waals surface area contributed by atoms with Crippen LogP contribution in [-0.4, -0.2) is 29.5 Å². The summed E-state index contributed by atoms with van der Waals surface area (Å²) in [6, 6.07) is 7.66. The minimum absolute atomic E-state index is 0.0490. The lowest BCUT2D eigenvalue weighted by atomic mass is 10.0. The molecule has 0 aliphatic heterocycles. The number of aryl methyl sites for hydroxylation is 1. The number of halogens is 2. The van der Waals surface area contributed by atoms with E-state index >= 15 is 0 Å². The Labute approximate surface area is 192 Å². The van der Waals surface area contributed by atoms with Crippen LogP contribution in [0.15, 0.2) is 47.2 Å². The van der Waals surface area contributed by atoms with Crippen molar-refractivity contribution in [3.8, 4) is 22.7 Å². The molecule has 0 bridgehead atoms. The van der Waals surface area contributed by atoms with Crippen LogP contribution in [0.25, 0.3) is 28.4 Å². The first-order valence-corrected chi connectivity index (χ1v) is 10.8. The van der Waals surface area contributed by atoms with Gasteiger partial charge in [0.15, 0.2) is 11.5 Å². The molecule has 1 aromatic carbocycles. The Morgan fingerprint density at radius 3 is 2.62 bits per heavy atom. The molecule has 8 nitrogen and oxygen atoms in total. The number of oxazole rings is 1. The largest absolute Gasteiger partial charge is 0.443 e. The Bertz CT molecular complexity index is 1520. The molecule has 0 atom stereocenters. The SMILES string of the molecule is Cc1cc(-c2c(-c3ncco3)nc(N)n3nc(Cc4c(F)cccc4F)nc23)cc(C2CC2)n1. The third-order valence-corrected chi connectivity index (χ3v) is 5.84. The van der Waals surface area contributed by atoms with Gasteiger partial charge >= 0.3 is 0 Å².